The van der Waals surface area contributed by atoms with Gasteiger partial charge in [0.25, 0.3) is 0 Å². The third kappa shape index (κ3) is 5.88. The molecular formula is C14H19N5O4S. The van der Waals surface area contributed by atoms with Crippen LogP contribution >= 0.6 is 0 Å². The van der Waals surface area contributed by atoms with E-state index in [1.165, 1.54) is 6.20 Å². The van der Waals surface area contributed by atoms with Gasteiger partial charge in [-0.2, -0.15) is 9.90 Å². The Balaban J connectivity index is 1.76. The van der Waals surface area contributed by atoms with Crippen LogP contribution in [0.5, 0.6) is 5.75 Å². The van der Waals surface area contributed by atoms with E-state index >= 15 is 0 Å². The maximum Gasteiger partial charge on any atom is 0.243 e. The van der Waals surface area contributed by atoms with Crippen LogP contribution in [-0.4, -0.2) is 49.2 Å². The van der Waals surface area contributed by atoms with Gasteiger partial charge in [-0.05, 0) is 24.1 Å². The number of amides is 1. The van der Waals surface area contributed by atoms with Crippen molar-refractivity contribution in [3.05, 3.63) is 36.0 Å². The third-order valence-electron chi connectivity index (χ3n) is 3.01. The number of hydrogen-bond acceptors (Lipinski definition) is 6. The van der Waals surface area contributed by atoms with E-state index in [0.29, 0.717) is 13.0 Å². The average molecular weight is 353 g/mol. The van der Waals surface area contributed by atoms with Crippen molar-refractivity contribution in [1.82, 2.24) is 20.3 Å². The number of benzene rings is 1. The highest BCUT2D eigenvalue weighted by Crippen LogP contribution is 2.11. The Bertz CT molecular complexity index is 786. The molecule has 0 aliphatic rings. The van der Waals surface area contributed by atoms with Crippen molar-refractivity contribution in [2.75, 3.05) is 24.6 Å². The van der Waals surface area contributed by atoms with E-state index in [2.05, 4.69) is 20.2 Å². The minimum Gasteiger partial charge on any atom is -0.497 e. The first kappa shape index (κ1) is 17.7. The van der Waals surface area contributed by atoms with Crippen molar-refractivity contribution >= 4 is 21.7 Å². The second kappa shape index (κ2) is 7.77. The number of ether oxygens (including phenoxy) is 1. The van der Waals surface area contributed by atoms with Crippen molar-refractivity contribution in [2.24, 2.45) is 0 Å². The first-order valence-corrected chi connectivity index (χ1v) is 9.02. The molecule has 2 rings (SSSR count). The maximum absolute atomic E-state index is 11.8. The van der Waals surface area contributed by atoms with Gasteiger partial charge in [0.2, 0.25) is 15.9 Å². The summed E-state index contributed by atoms with van der Waals surface area (Å²) in [5.74, 6) is 0.597. The Morgan fingerprint density at radius 2 is 2.00 bits per heavy atom. The second-order valence-corrected chi connectivity index (χ2v) is 6.83. The molecule has 9 nitrogen and oxygen atoms in total. The lowest BCUT2D eigenvalue weighted by atomic mass is 10.1. The molecule has 0 aliphatic heterocycles. The SMILES string of the molecule is COc1ccc(CCNC(=O)Cn2ncc(NS(C)(=O)=O)n2)cc1. The minimum atomic E-state index is -3.42. The van der Waals surface area contributed by atoms with Crippen molar-refractivity contribution in [1.29, 1.82) is 0 Å². The molecule has 1 aromatic carbocycles. The van der Waals surface area contributed by atoms with Gasteiger partial charge in [-0.1, -0.05) is 12.1 Å². The largest absolute Gasteiger partial charge is 0.497 e. The second-order valence-electron chi connectivity index (χ2n) is 5.08. The van der Waals surface area contributed by atoms with Crippen LogP contribution < -0.4 is 14.8 Å². The number of anilines is 1. The summed E-state index contributed by atoms with van der Waals surface area (Å²) in [5.41, 5.74) is 1.08. The molecule has 0 fully saturated rings. The van der Waals surface area contributed by atoms with Crippen molar-refractivity contribution in [3.63, 3.8) is 0 Å². The molecule has 0 saturated heterocycles. The van der Waals surface area contributed by atoms with E-state index in [4.69, 9.17) is 4.74 Å². The molecule has 0 atom stereocenters. The lowest BCUT2D eigenvalue weighted by Crippen LogP contribution is -2.30. The predicted molar refractivity (Wildman–Crippen MR) is 88.2 cm³/mol. The third-order valence-corrected chi connectivity index (χ3v) is 3.59. The van der Waals surface area contributed by atoms with Crippen LogP contribution in [0, 0.1) is 0 Å². The molecule has 1 aromatic heterocycles. The van der Waals surface area contributed by atoms with Gasteiger partial charge in [0.15, 0.2) is 5.82 Å². The molecule has 10 heteroatoms. The van der Waals surface area contributed by atoms with Crippen molar-refractivity contribution < 1.29 is 17.9 Å². The van der Waals surface area contributed by atoms with Gasteiger partial charge < -0.3 is 10.1 Å². The topological polar surface area (TPSA) is 115 Å². The molecule has 1 heterocycles. The molecule has 0 radical (unpaired) electrons. The van der Waals surface area contributed by atoms with Crippen LogP contribution in [0.15, 0.2) is 30.5 Å². The van der Waals surface area contributed by atoms with Gasteiger partial charge in [0.1, 0.15) is 12.3 Å². The number of sulfonamides is 1. The van der Waals surface area contributed by atoms with Crippen molar-refractivity contribution in [2.45, 2.75) is 13.0 Å². The number of aromatic nitrogens is 3. The normalized spacial score (nSPS) is 11.1. The molecule has 0 bridgehead atoms. The molecule has 130 valence electrons. The van der Waals surface area contributed by atoms with Gasteiger partial charge in [0.05, 0.1) is 19.6 Å². The first-order chi connectivity index (χ1) is 11.4. The lowest BCUT2D eigenvalue weighted by molar-refractivity contribution is -0.122. The summed E-state index contributed by atoms with van der Waals surface area (Å²) in [6.45, 7) is 0.384. The zero-order valence-electron chi connectivity index (χ0n) is 13.4. The van der Waals surface area contributed by atoms with Crippen LogP contribution in [0.1, 0.15) is 5.56 Å². The summed E-state index contributed by atoms with van der Waals surface area (Å²) in [4.78, 5) is 12.9. The van der Waals surface area contributed by atoms with E-state index < -0.39 is 10.0 Å². The number of rotatable bonds is 8. The summed E-state index contributed by atoms with van der Waals surface area (Å²) in [6, 6.07) is 7.59. The molecule has 1 amide bonds. The Kier molecular flexibility index (Phi) is 5.74. The Hall–Kier alpha value is -2.62. The van der Waals surface area contributed by atoms with Gasteiger partial charge >= 0.3 is 0 Å². The van der Waals surface area contributed by atoms with E-state index in [1.807, 2.05) is 24.3 Å². The minimum absolute atomic E-state index is 0.0727. The molecule has 24 heavy (non-hydrogen) atoms. The molecule has 0 aliphatic carbocycles. The van der Waals surface area contributed by atoms with Crippen LogP contribution in [0.25, 0.3) is 0 Å². The molecule has 2 N–H and O–H groups in total. The molecule has 2 aromatic rings. The summed E-state index contributed by atoms with van der Waals surface area (Å²) in [6.07, 6.45) is 2.94. The molecule has 0 spiro atoms. The van der Waals surface area contributed by atoms with Crippen LogP contribution in [-0.2, 0) is 27.8 Å². The average Bonchev–Trinajstić information content (AvgIpc) is 2.92. The fourth-order valence-corrected chi connectivity index (χ4v) is 2.41. The van der Waals surface area contributed by atoms with Crippen LogP contribution in [0.3, 0.4) is 0 Å². The monoisotopic (exact) mass is 353 g/mol. The smallest absolute Gasteiger partial charge is 0.243 e. The fraction of sp³-hybridized carbons (Fsp3) is 0.357. The number of methoxy groups -OCH3 is 1. The zero-order valence-corrected chi connectivity index (χ0v) is 14.2. The Morgan fingerprint density at radius 1 is 1.29 bits per heavy atom. The molecular weight excluding hydrogens is 334 g/mol. The summed E-state index contributed by atoms with van der Waals surface area (Å²) in [5, 5.41) is 10.4. The zero-order chi connectivity index (χ0) is 17.6. The number of carbonyl (C=O) groups excluding carboxylic acids is 1. The summed E-state index contributed by atoms with van der Waals surface area (Å²) >= 11 is 0. The maximum atomic E-state index is 11.8. The van der Waals surface area contributed by atoms with Crippen LogP contribution in [0.2, 0.25) is 0 Å². The van der Waals surface area contributed by atoms with E-state index in [-0.39, 0.29) is 18.3 Å². The quantitative estimate of drug-likeness (QED) is 0.691. The number of nitrogens with zero attached hydrogens (tertiary/aromatic N) is 3. The van der Waals surface area contributed by atoms with Gasteiger partial charge in [-0.25, -0.2) is 8.42 Å². The number of nitrogens with one attached hydrogen (secondary N) is 2. The molecule has 0 saturated carbocycles. The standard InChI is InChI=1S/C14H19N5O4S/c1-23-12-5-3-11(4-6-12)7-8-15-14(20)10-19-16-9-13(17-19)18-24(2,21)22/h3-6,9H,7-8,10H2,1-2H3,(H,15,20)(H,17,18). The molecule has 0 unspecified atom stereocenters. The summed E-state index contributed by atoms with van der Waals surface area (Å²) in [7, 11) is -1.81. The highest BCUT2D eigenvalue weighted by Gasteiger charge is 2.09. The summed E-state index contributed by atoms with van der Waals surface area (Å²) < 4.78 is 29.4. The number of hydrogen-bond donors (Lipinski definition) is 2. The van der Waals surface area contributed by atoms with E-state index in [0.717, 1.165) is 22.4 Å². The fourth-order valence-electron chi connectivity index (χ4n) is 1.93. The first-order valence-electron chi connectivity index (χ1n) is 7.13. The highest BCUT2D eigenvalue weighted by molar-refractivity contribution is 7.92. The van der Waals surface area contributed by atoms with Crippen molar-refractivity contribution in [3.8, 4) is 5.75 Å². The lowest BCUT2D eigenvalue weighted by Gasteiger charge is -2.06. The van der Waals surface area contributed by atoms with Gasteiger partial charge in [0, 0.05) is 6.54 Å². The Morgan fingerprint density at radius 3 is 2.62 bits per heavy atom. The van der Waals surface area contributed by atoms with E-state index in [9.17, 15) is 13.2 Å². The Labute approximate surface area is 140 Å². The predicted octanol–water partition coefficient (Wildman–Crippen LogP) is 0.0171. The highest BCUT2D eigenvalue weighted by atomic mass is 32.2. The van der Waals surface area contributed by atoms with Gasteiger partial charge in [-0.3, -0.25) is 9.52 Å². The van der Waals surface area contributed by atoms with Crippen LogP contribution in [0.4, 0.5) is 5.82 Å². The number of carbonyl (C=O) groups is 1. The van der Waals surface area contributed by atoms with Gasteiger partial charge in [-0.15, -0.1) is 5.10 Å². The van der Waals surface area contributed by atoms with E-state index in [1.54, 1.807) is 7.11 Å².